The molecule has 66 heavy (non-hydrogen) atoms. The Kier molecular flexibility index (Phi) is 38.8. The predicted octanol–water partition coefficient (Wildman–Crippen LogP) is 10.4. The fraction of sp³-hybridized carbons (Fsp3) is 0.333. The van der Waals surface area contributed by atoms with Crippen molar-refractivity contribution in [3.05, 3.63) is 239 Å². The largest absolute Gasteiger partial charge is 1.00 e. The van der Waals surface area contributed by atoms with Gasteiger partial charge < -0.3 is 24.8 Å². The number of allylic oxidation sites excluding steroid dienone is 16. The molecule has 0 spiro atoms. The fourth-order valence-electron chi connectivity index (χ4n) is 7.00. The molecule has 4 aromatic rings. The minimum atomic E-state index is 0. The average molecular weight is 1100 g/mol. The Balaban J connectivity index is 0.000000413. The molecule has 0 aromatic heterocycles. The van der Waals surface area contributed by atoms with E-state index >= 15 is 0 Å². The van der Waals surface area contributed by atoms with E-state index in [1.54, 1.807) is 46.7 Å². The summed E-state index contributed by atoms with van der Waals surface area (Å²) in [4.78, 5) is 0. The van der Waals surface area contributed by atoms with Crippen LogP contribution in [0.15, 0.2) is 192 Å². The van der Waals surface area contributed by atoms with Gasteiger partial charge in [-0.25, -0.2) is 46.6 Å². The molecule has 0 amide bonds. The molecule has 0 aliphatic heterocycles. The Bertz CT molecular complexity index is 1830. The Morgan fingerprint density at radius 1 is 0.333 bits per heavy atom. The van der Waals surface area contributed by atoms with E-state index in [1.165, 1.54) is 122 Å². The Morgan fingerprint density at radius 3 is 0.667 bits per heavy atom. The molecule has 0 unspecified atom stereocenters. The summed E-state index contributed by atoms with van der Waals surface area (Å²) in [6.07, 6.45) is 49.3. The number of rotatable bonds is 16. The van der Waals surface area contributed by atoms with Crippen LogP contribution in [0, 0.1) is 24.3 Å². The summed E-state index contributed by atoms with van der Waals surface area (Å²) < 4.78 is 0. The second kappa shape index (κ2) is 41.5. The summed E-state index contributed by atoms with van der Waals surface area (Å²) in [5.41, 5.74) is 11.7. The van der Waals surface area contributed by atoms with E-state index in [2.05, 4.69) is 220 Å². The standard InChI is InChI=1S/4C14H15.2C2H6Si.2ClH.2Zr/c4*1-2-7-13(8-3-1)11-6-12-14-9-4-5-10-14;2*1-3-2;;;;/h4*1-4,7-9H,5-6,11-12H2;2*1-2H3;2*1H;;/q4*-1;;;;;2*+2/p-2. The zero-order chi connectivity index (χ0) is 45.7. The van der Waals surface area contributed by atoms with Gasteiger partial charge in [0.1, 0.15) is 0 Å². The van der Waals surface area contributed by atoms with Crippen LogP contribution in [0.3, 0.4) is 0 Å². The molecular weight excluding hydrogens is 1030 g/mol. The first-order valence-electron chi connectivity index (χ1n) is 23.5. The van der Waals surface area contributed by atoms with Crippen molar-refractivity contribution in [3.8, 4) is 0 Å². The van der Waals surface area contributed by atoms with E-state index in [0.29, 0.717) is 0 Å². The van der Waals surface area contributed by atoms with E-state index in [0.717, 1.165) is 25.7 Å². The van der Waals surface area contributed by atoms with Gasteiger partial charge >= 0.3 is 83.7 Å². The fourth-order valence-corrected chi connectivity index (χ4v) is 7.00. The molecule has 0 bridgehead atoms. The molecule has 344 valence electrons. The smallest absolute Gasteiger partial charge is 0.0277 e. The van der Waals surface area contributed by atoms with Crippen molar-refractivity contribution in [2.75, 3.05) is 0 Å². The number of halogens is 2. The van der Waals surface area contributed by atoms with Crippen molar-refractivity contribution < 1.29 is 71.5 Å². The Labute approximate surface area is 445 Å². The molecule has 0 heterocycles. The van der Waals surface area contributed by atoms with Crippen molar-refractivity contribution in [3.63, 3.8) is 0 Å². The summed E-state index contributed by atoms with van der Waals surface area (Å²) in [7, 11) is 0. The van der Waals surface area contributed by atoms with Gasteiger partial charge in [-0.1, -0.05) is 147 Å². The third-order valence-corrected chi connectivity index (χ3v) is 10.1. The van der Waals surface area contributed by atoms with Crippen LogP contribution in [0.2, 0.25) is 26.2 Å². The molecule has 0 N–H and O–H groups in total. The van der Waals surface area contributed by atoms with Gasteiger partial charge in [0.2, 0.25) is 0 Å². The van der Waals surface area contributed by atoms with Crippen molar-refractivity contribution in [2.24, 2.45) is 0 Å². The maximum atomic E-state index is 3.35. The van der Waals surface area contributed by atoms with Crippen molar-refractivity contribution >= 4 is 10.9 Å². The molecule has 0 saturated carbocycles. The van der Waals surface area contributed by atoms with Crippen LogP contribution < -0.4 is 24.8 Å². The van der Waals surface area contributed by atoms with Crippen molar-refractivity contribution in [1.29, 1.82) is 0 Å². The summed E-state index contributed by atoms with van der Waals surface area (Å²) >= 11 is 3.48. The maximum absolute atomic E-state index is 3.35. The van der Waals surface area contributed by atoms with Gasteiger partial charge in [-0.15, -0.1) is 25.7 Å². The zero-order valence-corrected chi connectivity index (χ0v) is 48.7. The van der Waals surface area contributed by atoms with E-state index in [-0.39, 0.29) is 35.7 Å². The van der Waals surface area contributed by atoms with Crippen molar-refractivity contribution in [1.82, 2.24) is 0 Å². The van der Waals surface area contributed by atoms with Crippen LogP contribution in [-0.2, 0) is 72.4 Å². The van der Waals surface area contributed by atoms with Crippen LogP contribution in [0.1, 0.15) is 99.3 Å². The van der Waals surface area contributed by atoms with Gasteiger partial charge in [0.25, 0.3) is 0 Å². The number of hydrogen-bond acceptors (Lipinski definition) is 0. The van der Waals surface area contributed by atoms with Crippen LogP contribution in [0.25, 0.3) is 0 Å². The molecule has 6 heteroatoms. The van der Waals surface area contributed by atoms with Gasteiger partial charge in [-0.2, -0.15) is 24.3 Å². The first kappa shape index (κ1) is 61.6. The monoisotopic (exact) mass is 1100 g/mol. The number of benzene rings is 4. The minimum absolute atomic E-state index is 0. The molecule has 0 nitrogen and oxygen atoms in total. The third-order valence-electron chi connectivity index (χ3n) is 10.1. The molecular formula is C60H72Cl2Si2Zr2-2. The predicted molar refractivity (Wildman–Crippen MR) is 275 cm³/mol. The van der Waals surface area contributed by atoms with E-state index < -0.39 is 0 Å². The molecule has 0 atom stereocenters. The second-order valence-corrected chi connectivity index (χ2v) is 35.3. The van der Waals surface area contributed by atoms with Gasteiger partial charge in [0.15, 0.2) is 0 Å². The first-order chi connectivity index (χ1) is 31.3. The van der Waals surface area contributed by atoms with Gasteiger partial charge in [0, 0.05) is 0 Å². The molecule has 4 aliphatic rings. The zero-order valence-electron chi connectivity index (χ0n) is 40.2. The SMILES string of the molecule is C[Si](C)=[Zr+2].C[Si](C)=[Zr+2].[C-]1=C(CCCc2ccccc2)C=CC1.[C-]1=C(CCCc2ccccc2)C=CC1.[C-]1=C(CCCc2ccccc2)C=CC1.[C-]1=C(CCCc2ccccc2)C=CC1.[Cl-].[Cl-]. The second-order valence-electron chi connectivity index (χ2n) is 16.6. The van der Waals surface area contributed by atoms with Gasteiger partial charge in [0.05, 0.1) is 0 Å². The van der Waals surface area contributed by atoms with E-state index in [4.69, 9.17) is 0 Å². The van der Waals surface area contributed by atoms with E-state index in [9.17, 15) is 0 Å². The first-order valence-corrected chi connectivity index (χ1v) is 35.9. The van der Waals surface area contributed by atoms with Gasteiger partial charge in [-0.05, 0) is 73.6 Å². The molecule has 0 saturated heterocycles. The number of hydrogen-bond donors (Lipinski definition) is 0. The van der Waals surface area contributed by atoms with Crippen LogP contribution in [0.4, 0.5) is 0 Å². The van der Waals surface area contributed by atoms with Crippen LogP contribution in [-0.4, -0.2) is 10.9 Å². The number of aryl methyl sites for hydroxylation is 4. The normalized spacial score (nSPS) is 13.1. The minimum Gasteiger partial charge on any atom is -1.00 e. The molecule has 8 rings (SSSR count). The van der Waals surface area contributed by atoms with Gasteiger partial charge in [-0.3, -0.25) is 24.3 Å². The quantitative estimate of drug-likeness (QED) is 0.0775. The Morgan fingerprint density at radius 2 is 0.515 bits per heavy atom. The molecule has 4 aromatic carbocycles. The Hall–Kier alpha value is -2.42. The van der Waals surface area contributed by atoms with Crippen LogP contribution in [0.5, 0.6) is 0 Å². The summed E-state index contributed by atoms with van der Waals surface area (Å²) in [5, 5.41) is 0. The van der Waals surface area contributed by atoms with E-state index in [1.807, 2.05) is 0 Å². The van der Waals surface area contributed by atoms with Crippen molar-refractivity contribution in [2.45, 2.75) is 129 Å². The molecule has 0 fully saturated rings. The average Bonchev–Trinajstić information content (AvgIpc) is 4.17. The third kappa shape index (κ3) is 34.0. The molecule has 0 radical (unpaired) electrons. The topological polar surface area (TPSA) is 0 Å². The summed E-state index contributed by atoms with van der Waals surface area (Å²) in [5.74, 6) is 0. The summed E-state index contributed by atoms with van der Waals surface area (Å²) in [6, 6.07) is 42.7. The summed E-state index contributed by atoms with van der Waals surface area (Å²) in [6.45, 7) is 9.23. The van der Waals surface area contributed by atoms with Crippen LogP contribution >= 0.6 is 0 Å². The maximum Gasteiger partial charge on any atom is -0.0277 e. The molecule has 4 aliphatic carbocycles.